The third-order valence-corrected chi connectivity index (χ3v) is 6.81. The Morgan fingerprint density at radius 2 is 1.94 bits per heavy atom. The number of aromatic nitrogens is 3. The number of fused-ring (bicyclic) bond motifs is 1. The van der Waals surface area contributed by atoms with Crippen LogP contribution >= 0.6 is 0 Å². The molecule has 0 spiro atoms. The Labute approximate surface area is 180 Å². The Morgan fingerprint density at radius 1 is 1.26 bits per heavy atom. The van der Waals surface area contributed by atoms with Gasteiger partial charge in [0.1, 0.15) is 5.82 Å². The van der Waals surface area contributed by atoms with Crippen molar-refractivity contribution < 1.29 is 17.9 Å². The van der Waals surface area contributed by atoms with Gasteiger partial charge in [0.15, 0.2) is 0 Å². The largest absolute Gasteiger partial charge is 0.419 e. The highest BCUT2D eigenvalue weighted by Crippen LogP contribution is 2.64. The number of hydrogen-bond acceptors (Lipinski definition) is 5. The zero-order valence-electron chi connectivity index (χ0n) is 18.4. The zero-order valence-corrected chi connectivity index (χ0v) is 18.4. The molecule has 0 saturated heterocycles. The molecular formula is C22H30F3N5O. The van der Waals surface area contributed by atoms with Crippen molar-refractivity contribution in [3.05, 3.63) is 29.6 Å². The fraction of sp³-hybridized carbons (Fsp3) is 0.636. The van der Waals surface area contributed by atoms with Crippen LogP contribution in [0.5, 0.6) is 0 Å². The number of nitrogens with zero attached hydrogens (tertiary/aromatic N) is 4. The fourth-order valence-electron chi connectivity index (χ4n) is 5.08. The predicted molar refractivity (Wildman–Crippen MR) is 113 cm³/mol. The molecule has 2 aliphatic carbocycles. The van der Waals surface area contributed by atoms with E-state index in [4.69, 9.17) is 10.5 Å². The van der Waals surface area contributed by atoms with Crippen LogP contribution in [0.25, 0.3) is 11.3 Å². The third-order valence-electron chi connectivity index (χ3n) is 6.81. The second kappa shape index (κ2) is 8.09. The van der Waals surface area contributed by atoms with Crippen molar-refractivity contribution in [1.29, 1.82) is 0 Å². The van der Waals surface area contributed by atoms with E-state index in [1.165, 1.54) is 6.20 Å². The maximum absolute atomic E-state index is 13.3. The predicted octanol–water partition coefficient (Wildman–Crippen LogP) is 4.20. The lowest BCUT2D eigenvalue weighted by Gasteiger charge is -2.26. The van der Waals surface area contributed by atoms with Crippen LogP contribution in [0.4, 0.5) is 19.0 Å². The maximum atomic E-state index is 13.3. The van der Waals surface area contributed by atoms with Crippen molar-refractivity contribution in [2.75, 3.05) is 33.0 Å². The molecule has 2 aromatic rings. The van der Waals surface area contributed by atoms with Crippen molar-refractivity contribution in [3.63, 3.8) is 0 Å². The van der Waals surface area contributed by atoms with E-state index < -0.39 is 17.6 Å². The Kier molecular flexibility index (Phi) is 5.76. The summed E-state index contributed by atoms with van der Waals surface area (Å²) in [7, 11) is 3.86. The number of nitrogens with two attached hydrogens (primary N) is 1. The number of halogens is 3. The van der Waals surface area contributed by atoms with E-state index in [1.54, 1.807) is 7.11 Å². The summed E-state index contributed by atoms with van der Waals surface area (Å²) >= 11 is 0. The fourth-order valence-corrected chi connectivity index (χ4v) is 5.08. The van der Waals surface area contributed by atoms with Gasteiger partial charge in [-0.15, -0.1) is 0 Å². The molecule has 0 bridgehead atoms. The molecule has 2 aliphatic rings. The summed E-state index contributed by atoms with van der Waals surface area (Å²) in [5.74, 6) is 1.11. The average Bonchev–Trinajstić information content (AvgIpc) is 3.07. The van der Waals surface area contributed by atoms with Crippen LogP contribution in [0, 0.1) is 11.8 Å². The molecule has 0 radical (unpaired) electrons. The van der Waals surface area contributed by atoms with Gasteiger partial charge in [0.2, 0.25) is 0 Å². The number of ether oxygens (including phenoxy) is 1. The van der Waals surface area contributed by atoms with Crippen LogP contribution in [0.1, 0.15) is 49.9 Å². The normalized spacial score (nSPS) is 25.5. The molecule has 9 heteroatoms. The molecule has 31 heavy (non-hydrogen) atoms. The molecule has 0 aliphatic heterocycles. The van der Waals surface area contributed by atoms with Crippen LogP contribution in [0.2, 0.25) is 0 Å². The molecule has 6 nitrogen and oxygen atoms in total. The highest BCUT2D eigenvalue weighted by molar-refractivity contribution is 5.63. The molecule has 4 rings (SSSR count). The highest BCUT2D eigenvalue weighted by atomic mass is 19.4. The average molecular weight is 438 g/mol. The summed E-state index contributed by atoms with van der Waals surface area (Å²) in [4.78, 5) is 6.14. The number of alkyl halides is 3. The number of hydrogen-bond donors (Lipinski definition) is 1. The van der Waals surface area contributed by atoms with Gasteiger partial charge < -0.3 is 15.4 Å². The summed E-state index contributed by atoms with van der Waals surface area (Å²) in [5, 5.41) is 4.66. The van der Waals surface area contributed by atoms with E-state index in [0.29, 0.717) is 35.1 Å². The third kappa shape index (κ3) is 4.17. The number of rotatable bonds is 7. The minimum Gasteiger partial charge on any atom is -0.383 e. The molecule has 2 heterocycles. The van der Waals surface area contributed by atoms with E-state index in [9.17, 15) is 13.2 Å². The number of anilines is 1. The Balaban J connectivity index is 1.56. The number of methoxy groups -OCH3 is 1. The highest BCUT2D eigenvalue weighted by Gasteiger charge is 2.58. The summed E-state index contributed by atoms with van der Waals surface area (Å²) in [6.07, 6.45) is -0.907. The van der Waals surface area contributed by atoms with Crippen molar-refractivity contribution >= 4 is 5.82 Å². The zero-order chi connectivity index (χ0) is 22.5. The van der Waals surface area contributed by atoms with E-state index in [1.807, 2.05) is 24.6 Å². The minimum atomic E-state index is -4.55. The quantitative estimate of drug-likeness (QED) is 0.703. The van der Waals surface area contributed by atoms with Gasteiger partial charge >= 0.3 is 6.18 Å². The lowest BCUT2D eigenvalue weighted by molar-refractivity contribution is -0.137. The molecule has 170 valence electrons. The van der Waals surface area contributed by atoms with E-state index >= 15 is 0 Å². The van der Waals surface area contributed by atoms with Gasteiger partial charge in [-0.1, -0.05) is 0 Å². The van der Waals surface area contributed by atoms with Crippen molar-refractivity contribution in [1.82, 2.24) is 19.7 Å². The van der Waals surface area contributed by atoms with Crippen LogP contribution in [0.3, 0.4) is 0 Å². The van der Waals surface area contributed by atoms with Gasteiger partial charge in [-0.05, 0) is 57.7 Å². The van der Waals surface area contributed by atoms with Crippen molar-refractivity contribution in [2.45, 2.75) is 50.9 Å². The topological polar surface area (TPSA) is 69.2 Å². The van der Waals surface area contributed by atoms with Crippen LogP contribution in [-0.2, 0) is 10.9 Å². The van der Waals surface area contributed by atoms with E-state index in [0.717, 1.165) is 37.8 Å². The lowest BCUT2D eigenvalue weighted by atomic mass is 10.0. The molecule has 4 atom stereocenters. The molecule has 1 unspecified atom stereocenters. The summed E-state index contributed by atoms with van der Waals surface area (Å²) in [5.41, 5.74) is 6.50. The Hall–Kier alpha value is -2.13. The summed E-state index contributed by atoms with van der Waals surface area (Å²) < 4.78 is 47.0. The SMILES string of the molecule is COCCN(C)C1C[C@@H]2[C@H](C1)[C@H]2c1cc(-c2cnc(N)c(C(F)(F)F)c2)nn1C(C)C. The molecule has 0 aromatic carbocycles. The van der Waals surface area contributed by atoms with Gasteiger partial charge in [-0.25, -0.2) is 4.98 Å². The molecule has 0 amide bonds. The van der Waals surface area contributed by atoms with Gasteiger partial charge in [0.05, 0.1) is 17.9 Å². The first kappa shape index (κ1) is 22.1. The Morgan fingerprint density at radius 3 is 2.52 bits per heavy atom. The molecule has 2 fully saturated rings. The molecule has 2 saturated carbocycles. The van der Waals surface area contributed by atoms with Crippen molar-refractivity contribution in [3.8, 4) is 11.3 Å². The van der Waals surface area contributed by atoms with Gasteiger partial charge in [-0.3, -0.25) is 4.68 Å². The van der Waals surface area contributed by atoms with E-state index in [-0.39, 0.29) is 6.04 Å². The minimum absolute atomic E-state index is 0.120. The maximum Gasteiger partial charge on any atom is 0.419 e. The van der Waals surface area contributed by atoms with Gasteiger partial charge in [-0.2, -0.15) is 18.3 Å². The molecule has 2 aromatic heterocycles. The monoisotopic (exact) mass is 437 g/mol. The number of pyridine rings is 1. The van der Waals surface area contributed by atoms with Crippen LogP contribution in [0.15, 0.2) is 18.3 Å². The summed E-state index contributed by atoms with van der Waals surface area (Å²) in [6, 6.07) is 3.68. The van der Waals surface area contributed by atoms with Gasteiger partial charge in [0, 0.05) is 49.1 Å². The smallest absolute Gasteiger partial charge is 0.383 e. The van der Waals surface area contributed by atoms with Crippen LogP contribution in [-0.4, -0.2) is 53.0 Å². The van der Waals surface area contributed by atoms with Crippen molar-refractivity contribution in [2.24, 2.45) is 11.8 Å². The first-order valence-corrected chi connectivity index (χ1v) is 10.7. The first-order valence-electron chi connectivity index (χ1n) is 10.7. The van der Waals surface area contributed by atoms with Gasteiger partial charge in [0.25, 0.3) is 0 Å². The summed E-state index contributed by atoms with van der Waals surface area (Å²) in [6.45, 7) is 5.74. The number of nitrogen functional groups attached to an aromatic ring is 1. The molecule has 2 N–H and O–H groups in total. The van der Waals surface area contributed by atoms with E-state index in [2.05, 4.69) is 22.0 Å². The molecular weight excluding hydrogens is 407 g/mol. The lowest BCUT2D eigenvalue weighted by Crippen LogP contribution is -2.33. The second-order valence-corrected chi connectivity index (χ2v) is 9.10. The standard InChI is InChI=1S/C22H30F3N5O/c1-12(2)30-19(20-15-8-14(9-16(15)20)29(3)5-6-31-4)10-18(28-30)13-7-17(22(23,24)25)21(26)27-11-13/h7,10-12,14-16,20H,5-6,8-9H2,1-4H3,(H2,26,27)/t14?,15-,16+,20+. The number of likely N-dealkylation sites (N-methyl/N-ethyl adjacent to an activating group) is 1. The van der Waals surface area contributed by atoms with Crippen LogP contribution < -0.4 is 5.73 Å². The first-order chi connectivity index (χ1) is 14.6. The Bertz CT molecular complexity index is 930. The second-order valence-electron chi connectivity index (χ2n) is 9.10.